The minimum Gasteiger partial charge on any atom is -0.195 e. The molecule has 6 aromatic heterocycles. The molecule has 62 heavy (non-hydrogen) atoms. The van der Waals surface area contributed by atoms with Crippen LogP contribution in [0.3, 0.4) is 0 Å². The number of rotatable bonds is 2. The summed E-state index contributed by atoms with van der Waals surface area (Å²) in [4.78, 5) is 0. The maximum absolute atomic E-state index is 2.97. The zero-order valence-electron chi connectivity index (χ0n) is 32.9. The Morgan fingerprint density at radius 2 is 0.855 bits per heavy atom. The summed E-state index contributed by atoms with van der Waals surface area (Å²) in [7, 11) is -2.97. The van der Waals surface area contributed by atoms with Crippen molar-refractivity contribution in [3.05, 3.63) is 194 Å². The van der Waals surface area contributed by atoms with Crippen LogP contribution in [-0.2, 0) is 5.66 Å². The van der Waals surface area contributed by atoms with Crippen molar-refractivity contribution in [3.8, 4) is 0 Å². The second kappa shape index (κ2) is 10.3. The number of thiophene rings is 2. The summed E-state index contributed by atoms with van der Waals surface area (Å²) < 4.78 is 15.7. The zero-order valence-corrected chi connectivity index (χ0v) is 35.6. The summed E-state index contributed by atoms with van der Waals surface area (Å²) in [5.41, 5.74) is 7.34. The Kier molecular flexibility index (Phi) is 5.26. The minimum absolute atomic E-state index is 0.624. The Bertz CT molecular complexity index is 4170. The molecule has 0 radical (unpaired) electrons. The molecule has 14 aromatic rings. The highest BCUT2D eigenvalue weighted by atomic mass is 32.1. The van der Waals surface area contributed by atoms with Gasteiger partial charge in [-0.3, -0.25) is 0 Å². The standard InChI is InChI=1S/C55H30N4S2Si/c1-3-11-31(12-4-1)62(32-13-5-2-6-14-32)47-21-19-35-37-27-39-33-15-7-9-17-43(33)60-45(39)29-41(37)56-23-25-58-53(56)49(35)51(47)55(58)52-48(62)22-20-36-38-28-40-34-16-8-10-18-44(34)61-46(40)30-42(38)57-24-26-59(55)54(57)50(36)52/h1-30H/q+2. The number of hydrogen-bond acceptors (Lipinski definition) is 2. The SMILES string of the molecule is c1ccc([Si]2(c3ccccc3)c3ccc4c5cc6c(cc5n5cc[n+]7c5c4c3C73c4c2ccc2c5cc7c(cc5n5cc[n+]3c5c42)sc2ccccc27)sc2ccccc26)cc1. The first-order valence-corrected chi connectivity index (χ1v) is 25.0. The van der Waals surface area contributed by atoms with Crippen LogP contribution in [0.1, 0.15) is 11.1 Å². The van der Waals surface area contributed by atoms with Crippen LogP contribution in [0.5, 0.6) is 0 Å². The highest BCUT2D eigenvalue weighted by Crippen LogP contribution is 2.51. The highest BCUT2D eigenvalue weighted by molar-refractivity contribution is 7.26. The van der Waals surface area contributed by atoms with Crippen LogP contribution in [0.15, 0.2) is 183 Å². The molecular weight excluding hydrogens is 809 g/mol. The summed E-state index contributed by atoms with van der Waals surface area (Å²) in [5.74, 6) is 0. The zero-order chi connectivity index (χ0) is 39.8. The van der Waals surface area contributed by atoms with Crippen molar-refractivity contribution in [2.45, 2.75) is 5.66 Å². The predicted octanol–water partition coefficient (Wildman–Crippen LogP) is 9.73. The molecule has 0 unspecified atom stereocenters. The van der Waals surface area contributed by atoms with Crippen LogP contribution >= 0.6 is 22.7 Å². The maximum Gasteiger partial charge on any atom is 0.308 e. The van der Waals surface area contributed by atoms with Gasteiger partial charge in [-0.1, -0.05) is 121 Å². The Morgan fingerprint density at radius 3 is 1.34 bits per heavy atom. The third-order valence-corrected chi connectivity index (χ3v) is 22.3. The fourth-order valence-electron chi connectivity index (χ4n) is 13.0. The summed E-state index contributed by atoms with van der Waals surface area (Å²) in [6, 6.07) is 61.0. The number of benzene rings is 8. The molecule has 0 amide bonds. The van der Waals surface area contributed by atoms with Gasteiger partial charge in [-0.2, -0.15) is 17.9 Å². The van der Waals surface area contributed by atoms with E-state index in [0.717, 1.165) is 0 Å². The van der Waals surface area contributed by atoms with Gasteiger partial charge in [-0.15, -0.1) is 22.7 Å². The molecule has 0 fully saturated rings. The van der Waals surface area contributed by atoms with Crippen molar-refractivity contribution in [3.63, 3.8) is 0 Å². The number of hydrogen-bond donors (Lipinski definition) is 0. The van der Waals surface area contributed by atoms with Gasteiger partial charge >= 0.3 is 5.66 Å². The van der Waals surface area contributed by atoms with E-state index < -0.39 is 13.7 Å². The van der Waals surface area contributed by atoms with Gasteiger partial charge < -0.3 is 0 Å². The number of imidazole rings is 2. The van der Waals surface area contributed by atoms with Crippen LogP contribution in [0.4, 0.5) is 0 Å². The number of nitrogens with zero attached hydrogens (tertiary/aromatic N) is 4. The first kappa shape index (κ1) is 31.7. The largest absolute Gasteiger partial charge is 0.308 e. The van der Waals surface area contributed by atoms with Crippen LogP contribution in [0, 0.1) is 0 Å². The van der Waals surface area contributed by atoms with E-state index in [4.69, 9.17) is 0 Å². The summed E-state index contributed by atoms with van der Waals surface area (Å²) in [5, 5.41) is 19.2. The summed E-state index contributed by atoms with van der Waals surface area (Å²) in [6.07, 6.45) is 9.50. The Hall–Kier alpha value is -7.16. The van der Waals surface area contributed by atoms with Gasteiger partial charge in [0.25, 0.3) is 11.3 Å². The number of fused-ring (bicyclic) bond motifs is 12. The molecule has 1 spiro atoms. The fraction of sp³-hybridized carbons (Fsp3) is 0.0182. The molecule has 0 bridgehead atoms. The lowest BCUT2D eigenvalue weighted by atomic mass is 9.87. The Balaban J connectivity index is 1.13. The highest BCUT2D eigenvalue weighted by Gasteiger charge is 2.68. The quantitative estimate of drug-likeness (QED) is 0.0938. The van der Waals surface area contributed by atoms with E-state index in [1.54, 1.807) is 0 Å². The molecule has 0 atom stereocenters. The fourth-order valence-corrected chi connectivity index (χ4v) is 20.5. The second-order valence-electron chi connectivity index (χ2n) is 17.6. The smallest absolute Gasteiger partial charge is 0.195 e. The monoisotopic (exact) mass is 838 g/mol. The van der Waals surface area contributed by atoms with E-state index in [2.05, 4.69) is 200 Å². The van der Waals surface area contributed by atoms with Crippen molar-refractivity contribution >= 4 is 146 Å². The average Bonchev–Trinajstić information content (AvgIpc) is 4.18. The second-order valence-corrected chi connectivity index (χ2v) is 23.5. The van der Waals surface area contributed by atoms with Crippen molar-refractivity contribution < 1.29 is 9.13 Å². The lowest BCUT2D eigenvalue weighted by molar-refractivity contribution is -0.944. The molecule has 0 saturated heterocycles. The van der Waals surface area contributed by atoms with Gasteiger partial charge in [0.05, 0.1) is 21.9 Å². The molecule has 17 rings (SSSR count). The summed E-state index contributed by atoms with van der Waals surface area (Å²) >= 11 is 3.81. The molecule has 3 aliphatic heterocycles. The van der Waals surface area contributed by atoms with Crippen molar-refractivity contribution in [2.24, 2.45) is 0 Å². The molecule has 0 aliphatic carbocycles. The van der Waals surface area contributed by atoms with E-state index in [-0.39, 0.29) is 0 Å². The molecule has 7 heteroatoms. The molecule has 9 heterocycles. The third-order valence-electron chi connectivity index (χ3n) is 15.2. The first-order chi connectivity index (χ1) is 30.7. The lowest BCUT2D eigenvalue weighted by Gasteiger charge is -2.43. The van der Waals surface area contributed by atoms with E-state index >= 15 is 0 Å². The molecule has 3 aliphatic rings. The third kappa shape index (κ3) is 3.19. The molecule has 284 valence electrons. The normalized spacial score (nSPS) is 15.4. The number of pyridine rings is 2. The lowest BCUT2D eigenvalue weighted by Crippen LogP contribution is -2.84. The number of aromatic nitrogens is 4. The van der Waals surface area contributed by atoms with Gasteiger partial charge in [-0.05, 0) is 45.0 Å². The topological polar surface area (TPSA) is 16.6 Å². The Labute approximate surface area is 361 Å². The van der Waals surface area contributed by atoms with Gasteiger partial charge in [0, 0.05) is 74.0 Å². The van der Waals surface area contributed by atoms with Crippen molar-refractivity contribution in [2.75, 3.05) is 0 Å². The maximum atomic E-state index is 2.67. The van der Waals surface area contributed by atoms with Crippen LogP contribution in [0.2, 0.25) is 0 Å². The van der Waals surface area contributed by atoms with Crippen molar-refractivity contribution in [1.29, 1.82) is 0 Å². The molecule has 8 aromatic carbocycles. The van der Waals surface area contributed by atoms with Gasteiger partial charge in [-0.25, -0.2) is 0 Å². The first-order valence-electron chi connectivity index (χ1n) is 21.4. The van der Waals surface area contributed by atoms with Crippen molar-refractivity contribution in [1.82, 2.24) is 8.80 Å². The molecular formula is C55H30N4S2Si+2. The Morgan fingerprint density at radius 1 is 0.403 bits per heavy atom. The van der Waals surface area contributed by atoms with E-state index in [0.29, 0.717) is 0 Å². The molecule has 0 N–H and O–H groups in total. The summed E-state index contributed by atoms with van der Waals surface area (Å²) in [6.45, 7) is 0. The predicted molar refractivity (Wildman–Crippen MR) is 260 cm³/mol. The molecule has 0 saturated carbocycles. The van der Waals surface area contributed by atoms with Gasteiger partial charge in [0.1, 0.15) is 35.8 Å². The minimum atomic E-state index is -2.97. The van der Waals surface area contributed by atoms with E-state index in [9.17, 15) is 0 Å². The van der Waals surface area contributed by atoms with E-state index in [1.165, 1.54) is 127 Å². The van der Waals surface area contributed by atoms with Gasteiger partial charge in [0.2, 0.25) is 0 Å². The molecule has 4 nitrogen and oxygen atoms in total. The van der Waals surface area contributed by atoms with Gasteiger partial charge in [0.15, 0.2) is 8.07 Å². The average molecular weight is 839 g/mol. The van der Waals surface area contributed by atoms with Crippen LogP contribution in [0.25, 0.3) is 95.0 Å². The van der Waals surface area contributed by atoms with Crippen LogP contribution < -0.4 is 29.9 Å². The van der Waals surface area contributed by atoms with E-state index in [1.807, 2.05) is 22.7 Å². The van der Waals surface area contributed by atoms with Crippen LogP contribution in [-0.4, -0.2) is 16.9 Å².